The Hall–Kier alpha value is -4.68. The van der Waals surface area contributed by atoms with Gasteiger partial charge in [-0.3, -0.25) is 29.1 Å². The second kappa shape index (κ2) is 9.21. The fourth-order valence-corrected chi connectivity index (χ4v) is 2.97. The Labute approximate surface area is 186 Å². The number of anilines is 1. The highest BCUT2D eigenvalue weighted by molar-refractivity contribution is 6.07. The van der Waals surface area contributed by atoms with Crippen LogP contribution in [0.1, 0.15) is 39.5 Å². The highest BCUT2D eigenvalue weighted by Crippen LogP contribution is 2.18. The topological polar surface area (TPSA) is 163 Å². The lowest BCUT2D eigenvalue weighted by Crippen LogP contribution is -2.25. The van der Waals surface area contributed by atoms with E-state index in [1.165, 1.54) is 27.9 Å². The number of aryl methyl sites for hydroxylation is 1. The van der Waals surface area contributed by atoms with Gasteiger partial charge in [-0.1, -0.05) is 0 Å². The molecule has 33 heavy (non-hydrogen) atoms. The lowest BCUT2D eigenvalue weighted by molar-refractivity contribution is -0.385. The highest BCUT2D eigenvalue weighted by Gasteiger charge is 2.21. The van der Waals surface area contributed by atoms with Crippen LogP contribution in [0.5, 0.6) is 0 Å². The molecule has 0 saturated heterocycles. The minimum absolute atomic E-state index is 0.00199. The quantitative estimate of drug-likeness (QED) is 0.288. The van der Waals surface area contributed by atoms with Crippen LogP contribution < -0.4 is 10.6 Å². The van der Waals surface area contributed by atoms with Gasteiger partial charge in [0.05, 0.1) is 30.0 Å². The molecule has 4 aromatic rings. The van der Waals surface area contributed by atoms with Gasteiger partial charge >= 0.3 is 5.69 Å². The van der Waals surface area contributed by atoms with Crippen molar-refractivity contribution in [2.75, 3.05) is 5.32 Å². The monoisotopic (exact) mass is 453 g/mol. The molecule has 0 aliphatic rings. The largest absolute Gasteiger partial charge is 0.467 e. The van der Waals surface area contributed by atoms with Gasteiger partial charge in [0.1, 0.15) is 23.9 Å². The number of carbonyl (C=O) groups excluding carboxylic acids is 2. The summed E-state index contributed by atoms with van der Waals surface area (Å²) in [5.41, 5.74) is 0.122. The number of rotatable bonds is 9. The summed E-state index contributed by atoms with van der Waals surface area (Å²) in [6.07, 6.45) is 5.44. The van der Waals surface area contributed by atoms with Crippen molar-refractivity contribution >= 4 is 23.2 Å². The molecule has 4 rings (SSSR count). The van der Waals surface area contributed by atoms with E-state index in [1.807, 2.05) is 6.92 Å². The number of carbonyl (C=O) groups is 2. The molecule has 2 amide bonds. The molecule has 0 saturated carbocycles. The normalized spacial score (nSPS) is 10.8. The molecule has 0 spiro atoms. The number of nitro groups is 1. The molecule has 0 radical (unpaired) electrons. The standard InChI is InChI=1S/C20H19N7O6/c1-2-25-12-16(18(24-25)20(29)21-9-14-4-3-7-32-14)23-19(28)17-6-5-15(33-17)11-26-10-13(8-22-26)27(30)31/h3-8,10,12H,2,9,11H2,1H3,(H,21,29)(H,23,28). The van der Waals surface area contributed by atoms with Crippen LogP contribution in [0.15, 0.2) is 58.0 Å². The molecule has 0 atom stereocenters. The molecule has 2 N–H and O–H groups in total. The molecule has 0 fully saturated rings. The van der Waals surface area contributed by atoms with E-state index in [1.54, 1.807) is 24.4 Å². The first-order chi connectivity index (χ1) is 15.9. The van der Waals surface area contributed by atoms with Crippen LogP contribution in [0.4, 0.5) is 11.4 Å². The molecule has 170 valence electrons. The number of furan rings is 2. The third-order valence-corrected chi connectivity index (χ3v) is 4.59. The molecule has 13 heteroatoms. The first-order valence-corrected chi connectivity index (χ1v) is 9.88. The van der Waals surface area contributed by atoms with Crippen molar-refractivity contribution in [3.8, 4) is 0 Å². The number of hydrogen-bond acceptors (Lipinski definition) is 8. The van der Waals surface area contributed by atoms with E-state index in [9.17, 15) is 19.7 Å². The van der Waals surface area contributed by atoms with E-state index >= 15 is 0 Å². The lowest BCUT2D eigenvalue weighted by atomic mass is 10.3. The van der Waals surface area contributed by atoms with Crippen molar-refractivity contribution in [2.24, 2.45) is 0 Å². The molecule has 0 aromatic carbocycles. The molecule has 0 aliphatic heterocycles. The lowest BCUT2D eigenvalue weighted by Gasteiger charge is -2.05. The summed E-state index contributed by atoms with van der Waals surface area (Å²) < 4.78 is 13.6. The van der Waals surface area contributed by atoms with E-state index < -0.39 is 16.7 Å². The zero-order chi connectivity index (χ0) is 23.4. The Morgan fingerprint density at radius 2 is 2.00 bits per heavy atom. The van der Waals surface area contributed by atoms with Crippen LogP contribution in [-0.4, -0.2) is 36.3 Å². The summed E-state index contributed by atoms with van der Waals surface area (Å²) >= 11 is 0. The summed E-state index contributed by atoms with van der Waals surface area (Å²) in [5, 5.41) is 24.2. The molecule has 0 aliphatic carbocycles. The Kier molecular flexibility index (Phi) is 6.02. The highest BCUT2D eigenvalue weighted by atomic mass is 16.6. The van der Waals surface area contributed by atoms with Crippen molar-refractivity contribution < 1.29 is 23.3 Å². The van der Waals surface area contributed by atoms with Crippen LogP contribution in [0.25, 0.3) is 0 Å². The smallest absolute Gasteiger partial charge is 0.307 e. The van der Waals surface area contributed by atoms with Crippen LogP contribution in [0.3, 0.4) is 0 Å². The average molecular weight is 453 g/mol. The van der Waals surface area contributed by atoms with Crippen molar-refractivity contribution in [2.45, 2.75) is 26.6 Å². The summed E-state index contributed by atoms with van der Waals surface area (Å²) in [6, 6.07) is 6.46. The summed E-state index contributed by atoms with van der Waals surface area (Å²) in [7, 11) is 0. The molecule has 4 heterocycles. The fourth-order valence-electron chi connectivity index (χ4n) is 2.97. The zero-order valence-corrected chi connectivity index (χ0v) is 17.4. The second-order valence-electron chi connectivity index (χ2n) is 6.88. The number of nitrogens with one attached hydrogen (secondary N) is 2. The minimum Gasteiger partial charge on any atom is -0.467 e. The molecule has 0 bridgehead atoms. The predicted octanol–water partition coefficient (Wildman–Crippen LogP) is 2.42. The van der Waals surface area contributed by atoms with Gasteiger partial charge in [0.25, 0.3) is 11.8 Å². The van der Waals surface area contributed by atoms with Gasteiger partial charge < -0.3 is 19.5 Å². The van der Waals surface area contributed by atoms with Gasteiger partial charge in [0, 0.05) is 12.7 Å². The fraction of sp³-hybridized carbons (Fsp3) is 0.200. The second-order valence-corrected chi connectivity index (χ2v) is 6.88. The van der Waals surface area contributed by atoms with Gasteiger partial charge in [0.15, 0.2) is 11.5 Å². The zero-order valence-electron chi connectivity index (χ0n) is 17.4. The van der Waals surface area contributed by atoms with Gasteiger partial charge in [-0.2, -0.15) is 10.2 Å². The first kappa shape index (κ1) is 21.5. The SMILES string of the molecule is CCn1cc(NC(=O)c2ccc(Cn3cc([N+](=O)[O-])cn3)o2)c(C(=O)NCc2ccco2)n1. The first-order valence-electron chi connectivity index (χ1n) is 9.88. The Morgan fingerprint density at radius 1 is 1.15 bits per heavy atom. The van der Waals surface area contributed by atoms with Crippen molar-refractivity contribution in [1.29, 1.82) is 0 Å². The summed E-state index contributed by atoms with van der Waals surface area (Å²) in [6.45, 7) is 2.62. The van der Waals surface area contributed by atoms with Crippen molar-refractivity contribution in [3.05, 3.63) is 82.2 Å². The minimum atomic E-state index is -0.580. The Bertz CT molecular complexity index is 1280. The van der Waals surface area contributed by atoms with Crippen molar-refractivity contribution in [1.82, 2.24) is 24.9 Å². The van der Waals surface area contributed by atoms with Gasteiger partial charge in [-0.15, -0.1) is 0 Å². The van der Waals surface area contributed by atoms with E-state index in [0.717, 1.165) is 6.20 Å². The van der Waals surface area contributed by atoms with E-state index in [-0.39, 0.29) is 35.9 Å². The third-order valence-electron chi connectivity index (χ3n) is 4.59. The molecule has 0 unspecified atom stereocenters. The predicted molar refractivity (Wildman–Crippen MR) is 112 cm³/mol. The number of aromatic nitrogens is 4. The maximum atomic E-state index is 12.7. The maximum absolute atomic E-state index is 12.7. The Morgan fingerprint density at radius 3 is 2.70 bits per heavy atom. The van der Waals surface area contributed by atoms with Crippen LogP contribution in [0.2, 0.25) is 0 Å². The molecular weight excluding hydrogens is 434 g/mol. The van der Waals surface area contributed by atoms with Crippen LogP contribution in [0, 0.1) is 10.1 Å². The summed E-state index contributed by atoms with van der Waals surface area (Å²) in [5.74, 6) is -0.108. The molecule has 13 nitrogen and oxygen atoms in total. The van der Waals surface area contributed by atoms with Crippen LogP contribution >= 0.6 is 0 Å². The number of nitrogens with zero attached hydrogens (tertiary/aromatic N) is 5. The van der Waals surface area contributed by atoms with Gasteiger partial charge in [0.2, 0.25) is 0 Å². The van der Waals surface area contributed by atoms with Gasteiger partial charge in [-0.05, 0) is 31.2 Å². The van der Waals surface area contributed by atoms with Crippen molar-refractivity contribution in [3.63, 3.8) is 0 Å². The molecule has 4 aromatic heterocycles. The average Bonchev–Trinajstić information content (AvgIpc) is 3.59. The maximum Gasteiger partial charge on any atom is 0.307 e. The number of hydrogen-bond donors (Lipinski definition) is 2. The molecular formula is C20H19N7O6. The Balaban J connectivity index is 1.44. The van der Waals surface area contributed by atoms with E-state index in [2.05, 4.69) is 20.8 Å². The van der Waals surface area contributed by atoms with E-state index in [4.69, 9.17) is 8.83 Å². The number of amides is 2. The summed E-state index contributed by atoms with van der Waals surface area (Å²) in [4.78, 5) is 35.5. The van der Waals surface area contributed by atoms with Gasteiger partial charge in [-0.25, -0.2) is 0 Å². The van der Waals surface area contributed by atoms with E-state index in [0.29, 0.717) is 18.1 Å². The van der Waals surface area contributed by atoms with Crippen LogP contribution in [-0.2, 0) is 19.6 Å². The third kappa shape index (κ3) is 4.98.